The molecule has 0 unspecified atom stereocenters. The van der Waals surface area contributed by atoms with Gasteiger partial charge < -0.3 is 10.2 Å². The summed E-state index contributed by atoms with van der Waals surface area (Å²) in [6.07, 6.45) is 0. The lowest BCUT2D eigenvalue weighted by Crippen LogP contribution is -2.47. The SMILES string of the molecule is O=C(O)c1c(CN2CCN(CCO)CC2)n(-c2ccccc2)c(=O)c2ccccc12. The number of aliphatic hydroxyl groups is 1. The van der Waals surface area contributed by atoms with Gasteiger partial charge in [-0.3, -0.25) is 19.2 Å². The maximum atomic E-state index is 13.4. The molecule has 2 N–H and O–H groups in total. The number of benzene rings is 2. The number of hydrogen-bond acceptors (Lipinski definition) is 5. The van der Waals surface area contributed by atoms with Crippen molar-refractivity contribution in [1.29, 1.82) is 0 Å². The van der Waals surface area contributed by atoms with Crippen LogP contribution >= 0.6 is 0 Å². The monoisotopic (exact) mass is 407 g/mol. The Morgan fingerprint density at radius 3 is 2.10 bits per heavy atom. The smallest absolute Gasteiger partial charge is 0.338 e. The molecule has 0 amide bonds. The fraction of sp³-hybridized carbons (Fsp3) is 0.304. The topological polar surface area (TPSA) is 86.0 Å². The standard InChI is InChI=1S/C23H25N3O4/c27-15-14-24-10-12-25(13-11-24)16-20-21(23(29)30)18-8-4-5-9-19(18)22(28)26(20)17-6-2-1-3-7-17/h1-9,27H,10-16H2,(H,29,30). The second-order valence-electron chi connectivity index (χ2n) is 7.49. The summed E-state index contributed by atoms with van der Waals surface area (Å²) in [5, 5.41) is 20.1. The quantitative estimate of drug-likeness (QED) is 0.648. The van der Waals surface area contributed by atoms with Crippen LogP contribution in [0.3, 0.4) is 0 Å². The van der Waals surface area contributed by atoms with Crippen molar-refractivity contribution in [2.45, 2.75) is 6.54 Å². The molecule has 4 rings (SSSR count). The van der Waals surface area contributed by atoms with Gasteiger partial charge in [-0.15, -0.1) is 0 Å². The molecule has 1 aliphatic rings. The van der Waals surface area contributed by atoms with Crippen molar-refractivity contribution in [2.24, 2.45) is 0 Å². The second kappa shape index (κ2) is 8.79. The number of piperazine rings is 1. The highest BCUT2D eigenvalue weighted by Gasteiger charge is 2.25. The zero-order valence-electron chi connectivity index (χ0n) is 16.7. The van der Waals surface area contributed by atoms with Gasteiger partial charge in [0.05, 0.1) is 17.9 Å². The number of carboxylic acids is 1. The molecule has 156 valence electrons. The molecule has 0 bridgehead atoms. The summed E-state index contributed by atoms with van der Waals surface area (Å²) in [6.45, 7) is 4.21. The number of aromatic nitrogens is 1. The Labute approximate surface area is 174 Å². The predicted octanol–water partition coefficient (Wildman–Crippen LogP) is 1.80. The van der Waals surface area contributed by atoms with E-state index in [-0.39, 0.29) is 17.7 Å². The number of aromatic carboxylic acids is 1. The van der Waals surface area contributed by atoms with Gasteiger partial charge in [-0.2, -0.15) is 0 Å². The van der Waals surface area contributed by atoms with E-state index in [0.29, 0.717) is 35.2 Å². The number of para-hydroxylation sites is 1. The minimum absolute atomic E-state index is 0.126. The Kier molecular flexibility index (Phi) is 5.94. The first kappa shape index (κ1) is 20.3. The molecule has 2 heterocycles. The number of carbonyl (C=O) groups is 1. The van der Waals surface area contributed by atoms with Crippen molar-refractivity contribution in [3.05, 3.63) is 76.2 Å². The third kappa shape index (κ3) is 3.87. The Bertz CT molecular complexity index is 1100. The molecular formula is C23H25N3O4. The first-order valence-electron chi connectivity index (χ1n) is 10.1. The highest BCUT2D eigenvalue weighted by atomic mass is 16.4. The van der Waals surface area contributed by atoms with E-state index >= 15 is 0 Å². The first-order chi connectivity index (χ1) is 14.6. The summed E-state index contributed by atoms with van der Waals surface area (Å²) in [5.74, 6) is -1.04. The molecule has 1 aliphatic heterocycles. The zero-order valence-corrected chi connectivity index (χ0v) is 16.7. The fourth-order valence-electron chi connectivity index (χ4n) is 4.16. The van der Waals surface area contributed by atoms with Crippen molar-refractivity contribution < 1.29 is 15.0 Å². The van der Waals surface area contributed by atoms with Gasteiger partial charge in [-0.25, -0.2) is 4.79 Å². The van der Waals surface area contributed by atoms with Gasteiger partial charge in [0.2, 0.25) is 0 Å². The number of fused-ring (bicyclic) bond motifs is 1. The highest BCUT2D eigenvalue weighted by Crippen LogP contribution is 2.24. The van der Waals surface area contributed by atoms with Crippen molar-refractivity contribution in [1.82, 2.24) is 14.4 Å². The van der Waals surface area contributed by atoms with Crippen LogP contribution < -0.4 is 5.56 Å². The minimum Gasteiger partial charge on any atom is -0.478 e. The van der Waals surface area contributed by atoms with E-state index in [1.165, 1.54) is 0 Å². The van der Waals surface area contributed by atoms with Crippen LogP contribution in [-0.4, -0.2) is 69.9 Å². The molecular weight excluding hydrogens is 382 g/mol. The van der Waals surface area contributed by atoms with Crippen molar-refractivity contribution in [2.75, 3.05) is 39.3 Å². The van der Waals surface area contributed by atoms with Crippen LogP contribution in [0, 0.1) is 0 Å². The summed E-state index contributed by atoms with van der Waals surface area (Å²) in [5.41, 5.74) is 1.11. The Hall–Kier alpha value is -3.00. The average molecular weight is 407 g/mol. The molecule has 3 aromatic rings. The number of aliphatic hydroxyl groups excluding tert-OH is 1. The molecule has 7 heteroatoms. The molecule has 1 saturated heterocycles. The largest absolute Gasteiger partial charge is 0.478 e. The van der Waals surface area contributed by atoms with Crippen molar-refractivity contribution in [3.8, 4) is 5.69 Å². The number of carboxylic acid groups (broad SMARTS) is 1. The van der Waals surface area contributed by atoms with Crippen LogP contribution in [0.25, 0.3) is 16.5 Å². The Morgan fingerprint density at radius 1 is 0.867 bits per heavy atom. The number of β-amino-alcohol motifs (C(OH)–C–C–N with tert-alkyl or cyclic N) is 1. The number of nitrogens with zero attached hydrogens (tertiary/aromatic N) is 3. The molecule has 0 aliphatic carbocycles. The van der Waals surface area contributed by atoms with E-state index in [0.717, 1.165) is 26.2 Å². The van der Waals surface area contributed by atoms with Gasteiger partial charge in [-0.1, -0.05) is 36.4 Å². The normalized spacial score (nSPS) is 15.5. The second-order valence-corrected chi connectivity index (χ2v) is 7.49. The van der Waals surface area contributed by atoms with Crippen LogP contribution in [0.1, 0.15) is 16.1 Å². The number of pyridine rings is 1. The van der Waals surface area contributed by atoms with E-state index in [4.69, 9.17) is 5.11 Å². The van der Waals surface area contributed by atoms with Crippen molar-refractivity contribution in [3.63, 3.8) is 0 Å². The van der Waals surface area contributed by atoms with Gasteiger partial charge in [0.15, 0.2) is 0 Å². The molecule has 2 aromatic carbocycles. The molecule has 0 radical (unpaired) electrons. The first-order valence-corrected chi connectivity index (χ1v) is 10.1. The molecule has 1 aromatic heterocycles. The summed E-state index contributed by atoms with van der Waals surface area (Å²) < 4.78 is 1.55. The lowest BCUT2D eigenvalue weighted by atomic mass is 10.0. The lowest BCUT2D eigenvalue weighted by molar-refractivity contribution is 0.0692. The summed E-state index contributed by atoms with van der Waals surface area (Å²) in [6, 6.07) is 16.1. The van der Waals surface area contributed by atoms with E-state index < -0.39 is 5.97 Å². The molecule has 7 nitrogen and oxygen atoms in total. The van der Waals surface area contributed by atoms with Crippen LogP contribution in [-0.2, 0) is 6.54 Å². The fourth-order valence-corrected chi connectivity index (χ4v) is 4.16. The average Bonchev–Trinajstić information content (AvgIpc) is 2.76. The highest BCUT2D eigenvalue weighted by molar-refractivity contribution is 6.04. The molecule has 1 fully saturated rings. The maximum Gasteiger partial charge on any atom is 0.338 e. The molecule has 0 saturated carbocycles. The zero-order chi connectivity index (χ0) is 21.1. The van der Waals surface area contributed by atoms with Crippen LogP contribution in [0.4, 0.5) is 0 Å². The van der Waals surface area contributed by atoms with E-state index in [2.05, 4.69) is 9.80 Å². The Morgan fingerprint density at radius 2 is 1.47 bits per heavy atom. The van der Waals surface area contributed by atoms with Gasteiger partial charge in [0.1, 0.15) is 0 Å². The van der Waals surface area contributed by atoms with Gasteiger partial charge >= 0.3 is 5.97 Å². The maximum absolute atomic E-state index is 13.4. The van der Waals surface area contributed by atoms with Crippen LogP contribution in [0.15, 0.2) is 59.4 Å². The molecule has 30 heavy (non-hydrogen) atoms. The third-order valence-electron chi connectivity index (χ3n) is 5.67. The summed E-state index contributed by atoms with van der Waals surface area (Å²) >= 11 is 0. The van der Waals surface area contributed by atoms with Crippen LogP contribution in [0.5, 0.6) is 0 Å². The number of hydrogen-bond donors (Lipinski definition) is 2. The minimum atomic E-state index is -1.04. The van der Waals surface area contributed by atoms with E-state index in [1.54, 1.807) is 28.8 Å². The van der Waals surface area contributed by atoms with E-state index in [1.807, 2.05) is 30.3 Å². The van der Waals surface area contributed by atoms with Crippen molar-refractivity contribution >= 4 is 16.7 Å². The predicted molar refractivity (Wildman–Crippen MR) is 115 cm³/mol. The van der Waals surface area contributed by atoms with E-state index in [9.17, 15) is 14.7 Å². The Balaban J connectivity index is 1.85. The van der Waals surface area contributed by atoms with Crippen LogP contribution in [0.2, 0.25) is 0 Å². The van der Waals surface area contributed by atoms with Gasteiger partial charge in [0.25, 0.3) is 5.56 Å². The van der Waals surface area contributed by atoms with Gasteiger partial charge in [-0.05, 0) is 18.2 Å². The lowest BCUT2D eigenvalue weighted by Gasteiger charge is -2.35. The molecule has 0 atom stereocenters. The summed E-state index contributed by atoms with van der Waals surface area (Å²) in [4.78, 5) is 30.1. The third-order valence-corrected chi connectivity index (χ3v) is 5.67. The summed E-state index contributed by atoms with van der Waals surface area (Å²) in [7, 11) is 0. The van der Waals surface area contributed by atoms with Gasteiger partial charge in [0, 0.05) is 55.7 Å². The molecule has 0 spiro atoms. The number of rotatable bonds is 6.